The first-order valence-electron chi connectivity index (χ1n) is 5.81. The van der Waals surface area contributed by atoms with E-state index in [2.05, 4.69) is 5.10 Å². The number of halogens is 3. The monoisotopic (exact) mass is 269 g/mol. The number of benzene rings is 1. The quantitative estimate of drug-likeness (QED) is 0.931. The molecule has 0 saturated carbocycles. The summed E-state index contributed by atoms with van der Waals surface area (Å²) < 4.78 is 38.8. The molecule has 1 heterocycles. The van der Waals surface area contributed by atoms with Crippen LogP contribution in [0, 0.1) is 6.92 Å². The molecule has 1 unspecified atom stereocenters. The molecule has 0 aliphatic rings. The van der Waals surface area contributed by atoms with Crippen LogP contribution in [0.2, 0.25) is 0 Å². The van der Waals surface area contributed by atoms with Crippen LogP contribution in [0.1, 0.15) is 22.9 Å². The molecule has 0 aliphatic heterocycles. The van der Waals surface area contributed by atoms with Crippen molar-refractivity contribution in [3.05, 3.63) is 53.3 Å². The zero-order chi connectivity index (χ0) is 14.0. The second-order valence-corrected chi connectivity index (χ2v) is 4.34. The van der Waals surface area contributed by atoms with Crippen molar-refractivity contribution in [2.45, 2.75) is 19.1 Å². The number of nitrogens with two attached hydrogens (primary N) is 1. The van der Waals surface area contributed by atoms with Gasteiger partial charge in [-0.15, -0.1) is 0 Å². The lowest BCUT2D eigenvalue weighted by atomic mass is 10.0. The molecule has 102 valence electrons. The van der Waals surface area contributed by atoms with Gasteiger partial charge in [0.1, 0.15) is 0 Å². The van der Waals surface area contributed by atoms with Crippen molar-refractivity contribution in [3.63, 3.8) is 0 Å². The Balaban J connectivity index is 2.35. The lowest BCUT2D eigenvalue weighted by Crippen LogP contribution is -2.21. The number of rotatable bonds is 3. The number of hydrogen-bond donors (Lipinski definition) is 1. The molecular weight excluding hydrogens is 255 g/mol. The zero-order valence-corrected chi connectivity index (χ0v) is 10.4. The van der Waals surface area contributed by atoms with Crippen LogP contribution in [0.25, 0.3) is 0 Å². The lowest BCUT2D eigenvalue weighted by Gasteiger charge is -2.16. The van der Waals surface area contributed by atoms with Gasteiger partial charge < -0.3 is 5.73 Å². The van der Waals surface area contributed by atoms with Gasteiger partial charge in [0.05, 0.1) is 6.04 Å². The molecule has 1 aromatic heterocycles. The number of alkyl halides is 3. The first-order chi connectivity index (χ1) is 8.91. The molecule has 3 nitrogen and oxygen atoms in total. The minimum absolute atomic E-state index is 0.183. The molecule has 2 aromatic rings. The largest absolute Gasteiger partial charge is 0.435 e. The SMILES string of the molecule is Cc1cccc(C(CN)n2ccc(C(F)(F)F)n2)c1. The molecular formula is C13H14F3N3. The second kappa shape index (κ2) is 5.05. The highest BCUT2D eigenvalue weighted by atomic mass is 19.4. The molecule has 0 radical (unpaired) electrons. The number of aromatic nitrogens is 2. The minimum atomic E-state index is -4.43. The average Bonchev–Trinajstić information content (AvgIpc) is 2.79. The van der Waals surface area contributed by atoms with E-state index in [4.69, 9.17) is 5.73 Å². The lowest BCUT2D eigenvalue weighted by molar-refractivity contribution is -0.141. The summed E-state index contributed by atoms with van der Waals surface area (Å²) >= 11 is 0. The van der Waals surface area contributed by atoms with E-state index in [1.807, 2.05) is 31.2 Å². The summed E-state index contributed by atoms with van der Waals surface area (Å²) in [4.78, 5) is 0. The van der Waals surface area contributed by atoms with E-state index in [0.29, 0.717) is 0 Å². The zero-order valence-electron chi connectivity index (χ0n) is 10.4. The Morgan fingerprint density at radius 1 is 1.32 bits per heavy atom. The minimum Gasteiger partial charge on any atom is -0.328 e. The van der Waals surface area contributed by atoms with E-state index in [1.54, 1.807) is 0 Å². The predicted molar refractivity (Wildman–Crippen MR) is 65.6 cm³/mol. The Labute approximate surface area is 108 Å². The van der Waals surface area contributed by atoms with Crippen molar-refractivity contribution >= 4 is 0 Å². The normalized spacial score (nSPS) is 13.5. The van der Waals surface area contributed by atoms with Crippen molar-refractivity contribution in [2.75, 3.05) is 6.54 Å². The van der Waals surface area contributed by atoms with Gasteiger partial charge in [-0.05, 0) is 18.6 Å². The molecule has 19 heavy (non-hydrogen) atoms. The predicted octanol–water partition coefficient (Wildman–Crippen LogP) is 2.76. The highest BCUT2D eigenvalue weighted by Gasteiger charge is 2.34. The van der Waals surface area contributed by atoms with Crippen molar-refractivity contribution in [2.24, 2.45) is 5.73 Å². The van der Waals surface area contributed by atoms with Gasteiger partial charge in [-0.25, -0.2) is 0 Å². The Morgan fingerprint density at radius 3 is 2.58 bits per heavy atom. The smallest absolute Gasteiger partial charge is 0.328 e. The summed E-state index contributed by atoms with van der Waals surface area (Å²) in [5, 5.41) is 3.57. The van der Waals surface area contributed by atoms with Gasteiger partial charge in [0.2, 0.25) is 0 Å². The van der Waals surface area contributed by atoms with Crippen molar-refractivity contribution < 1.29 is 13.2 Å². The maximum Gasteiger partial charge on any atom is 0.435 e. The maximum atomic E-state index is 12.5. The molecule has 0 saturated heterocycles. The Kier molecular flexibility index (Phi) is 3.61. The third kappa shape index (κ3) is 2.96. The summed E-state index contributed by atoms with van der Waals surface area (Å²) in [5.74, 6) is 0. The third-order valence-corrected chi connectivity index (χ3v) is 2.87. The van der Waals surface area contributed by atoms with Crippen LogP contribution in [0.15, 0.2) is 36.5 Å². The summed E-state index contributed by atoms with van der Waals surface area (Å²) in [6.45, 7) is 2.10. The van der Waals surface area contributed by atoms with Crippen LogP contribution in [-0.4, -0.2) is 16.3 Å². The van der Waals surface area contributed by atoms with E-state index in [1.165, 1.54) is 10.9 Å². The highest BCUT2D eigenvalue weighted by Crippen LogP contribution is 2.28. The average molecular weight is 269 g/mol. The van der Waals surface area contributed by atoms with E-state index in [0.717, 1.165) is 17.2 Å². The summed E-state index contributed by atoms with van der Waals surface area (Å²) in [5.41, 5.74) is 6.63. The number of aryl methyl sites for hydroxylation is 1. The highest BCUT2D eigenvalue weighted by molar-refractivity contribution is 5.26. The maximum absolute atomic E-state index is 12.5. The fraction of sp³-hybridized carbons (Fsp3) is 0.308. The van der Waals surface area contributed by atoms with Gasteiger partial charge in [-0.1, -0.05) is 29.8 Å². The van der Waals surface area contributed by atoms with Crippen LogP contribution in [-0.2, 0) is 6.18 Å². The molecule has 0 spiro atoms. The van der Waals surface area contributed by atoms with Crippen LogP contribution in [0.3, 0.4) is 0 Å². The van der Waals surface area contributed by atoms with Crippen molar-refractivity contribution in [3.8, 4) is 0 Å². The fourth-order valence-electron chi connectivity index (χ4n) is 1.94. The first-order valence-corrected chi connectivity index (χ1v) is 5.81. The topological polar surface area (TPSA) is 43.8 Å². The Bertz CT molecular complexity index is 560. The van der Waals surface area contributed by atoms with Crippen molar-refractivity contribution in [1.29, 1.82) is 0 Å². The second-order valence-electron chi connectivity index (χ2n) is 4.34. The molecule has 0 bridgehead atoms. The summed E-state index contributed by atoms with van der Waals surface area (Å²) in [7, 11) is 0. The molecule has 0 fully saturated rings. The third-order valence-electron chi connectivity index (χ3n) is 2.87. The number of hydrogen-bond acceptors (Lipinski definition) is 2. The van der Waals surface area contributed by atoms with Gasteiger partial charge in [0, 0.05) is 12.7 Å². The fourth-order valence-corrected chi connectivity index (χ4v) is 1.94. The van der Waals surface area contributed by atoms with Gasteiger partial charge in [-0.2, -0.15) is 18.3 Å². The van der Waals surface area contributed by atoms with Gasteiger partial charge in [-0.3, -0.25) is 4.68 Å². The van der Waals surface area contributed by atoms with Crippen LogP contribution in [0.5, 0.6) is 0 Å². The molecule has 1 aromatic carbocycles. The summed E-state index contributed by atoms with van der Waals surface area (Å²) in [6.07, 6.45) is -3.13. The van der Waals surface area contributed by atoms with Crippen LogP contribution >= 0.6 is 0 Å². The van der Waals surface area contributed by atoms with Crippen LogP contribution in [0.4, 0.5) is 13.2 Å². The first kappa shape index (κ1) is 13.6. The van der Waals surface area contributed by atoms with Gasteiger partial charge in [0.15, 0.2) is 5.69 Å². The van der Waals surface area contributed by atoms with E-state index >= 15 is 0 Å². The van der Waals surface area contributed by atoms with Crippen molar-refractivity contribution in [1.82, 2.24) is 9.78 Å². The molecule has 1 atom stereocenters. The Hall–Kier alpha value is -1.82. The molecule has 0 aliphatic carbocycles. The van der Waals surface area contributed by atoms with E-state index in [9.17, 15) is 13.2 Å². The Morgan fingerprint density at radius 2 is 2.05 bits per heavy atom. The molecule has 2 rings (SSSR count). The van der Waals surface area contributed by atoms with Gasteiger partial charge >= 0.3 is 6.18 Å². The van der Waals surface area contributed by atoms with Gasteiger partial charge in [0.25, 0.3) is 0 Å². The number of nitrogens with zero attached hydrogens (tertiary/aromatic N) is 2. The molecule has 2 N–H and O–H groups in total. The van der Waals surface area contributed by atoms with Crippen LogP contribution < -0.4 is 5.73 Å². The summed E-state index contributed by atoms with van der Waals surface area (Å²) in [6, 6.07) is 8.06. The van der Waals surface area contributed by atoms with E-state index in [-0.39, 0.29) is 6.54 Å². The molecule has 0 amide bonds. The van der Waals surface area contributed by atoms with E-state index < -0.39 is 17.9 Å². The standard InChI is InChI=1S/C13H14F3N3/c1-9-3-2-4-10(7-9)11(8-17)19-6-5-12(18-19)13(14,15)16/h2-7,11H,8,17H2,1H3. The molecule has 6 heteroatoms.